The monoisotopic (exact) mass is 674 g/mol. The first kappa shape index (κ1) is 46.0. The van der Waals surface area contributed by atoms with Crippen molar-refractivity contribution in [3.63, 3.8) is 0 Å². The van der Waals surface area contributed by atoms with Gasteiger partial charge in [0.2, 0.25) is 5.91 Å². The van der Waals surface area contributed by atoms with Crippen LogP contribution in [0, 0.1) is 0 Å². The highest BCUT2D eigenvalue weighted by Crippen LogP contribution is 2.12. The summed E-state index contributed by atoms with van der Waals surface area (Å²) in [5.74, 6) is -0.671. The van der Waals surface area contributed by atoms with Crippen molar-refractivity contribution in [1.82, 2.24) is 5.32 Å². The highest BCUT2D eigenvalue weighted by atomic mass is 16.3. The Hall–Kier alpha value is -1.99. The molecule has 278 valence electrons. The van der Waals surface area contributed by atoms with Gasteiger partial charge in [-0.3, -0.25) is 4.79 Å². The topological polar surface area (TPSA) is 110 Å². The molecule has 0 heterocycles. The summed E-state index contributed by atoms with van der Waals surface area (Å²) in [7, 11) is 0. The quantitative estimate of drug-likeness (QED) is 0.0345. The molecular weight excluding hydrogens is 598 g/mol. The Morgan fingerprint density at radius 1 is 0.542 bits per heavy atom. The molecule has 0 aromatic carbocycles. The number of hydrogen-bond donors (Lipinski definition) is 5. The van der Waals surface area contributed by atoms with E-state index in [-0.39, 0.29) is 6.42 Å². The van der Waals surface area contributed by atoms with Crippen molar-refractivity contribution in [3.05, 3.63) is 60.8 Å². The Bertz CT molecular complexity index is 849. The number of aliphatic hydroxyl groups excluding tert-OH is 4. The minimum absolute atomic E-state index is 0.146. The van der Waals surface area contributed by atoms with E-state index >= 15 is 0 Å². The summed E-state index contributed by atoms with van der Waals surface area (Å²) < 4.78 is 0. The van der Waals surface area contributed by atoms with Crippen molar-refractivity contribution in [2.24, 2.45) is 0 Å². The predicted octanol–water partition coefficient (Wildman–Crippen LogP) is 9.73. The molecule has 0 saturated carbocycles. The smallest absolute Gasteiger partial charge is 0.249 e. The van der Waals surface area contributed by atoms with Gasteiger partial charge in [-0.2, -0.15) is 0 Å². The molecule has 0 spiro atoms. The zero-order valence-corrected chi connectivity index (χ0v) is 31.0. The average molecular weight is 674 g/mol. The Kier molecular flexibility index (Phi) is 34.8. The molecule has 0 aromatic heterocycles. The fourth-order valence-electron chi connectivity index (χ4n) is 5.48. The second-order valence-electron chi connectivity index (χ2n) is 13.3. The van der Waals surface area contributed by atoms with Gasteiger partial charge in [0.25, 0.3) is 0 Å². The zero-order valence-electron chi connectivity index (χ0n) is 31.0. The summed E-state index contributed by atoms with van der Waals surface area (Å²) in [6.07, 6.45) is 44.1. The maximum absolute atomic E-state index is 12.4. The molecule has 0 saturated heterocycles. The Morgan fingerprint density at radius 3 is 1.46 bits per heavy atom. The minimum atomic E-state index is -1.32. The number of amides is 1. The molecule has 6 heteroatoms. The van der Waals surface area contributed by atoms with Gasteiger partial charge in [-0.05, 0) is 77.0 Å². The number of allylic oxidation sites excluding steroid dienone is 9. The van der Waals surface area contributed by atoms with Crippen LogP contribution >= 0.6 is 0 Å². The third-order valence-electron chi connectivity index (χ3n) is 8.67. The normalized spacial score (nSPS) is 15.0. The molecule has 48 heavy (non-hydrogen) atoms. The molecule has 0 aliphatic carbocycles. The molecule has 4 atom stereocenters. The van der Waals surface area contributed by atoms with Crippen LogP contribution in [0.3, 0.4) is 0 Å². The number of hydrogen-bond acceptors (Lipinski definition) is 5. The van der Waals surface area contributed by atoms with E-state index in [1.165, 1.54) is 89.9 Å². The van der Waals surface area contributed by atoms with E-state index in [4.69, 9.17) is 0 Å². The van der Waals surface area contributed by atoms with E-state index < -0.39 is 36.9 Å². The summed E-state index contributed by atoms with van der Waals surface area (Å²) in [4.78, 5) is 12.4. The van der Waals surface area contributed by atoms with Crippen LogP contribution in [0.2, 0.25) is 0 Å². The number of unbranched alkanes of at least 4 members (excludes halogenated alkanes) is 16. The number of carbonyl (C=O) groups is 1. The summed E-state index contributed by atoms with van der Waals surface area (Å²) in [5, 5.41) is 43.3. The van der Waals surface area contributed by atoms with Gasteiger partial charge in [-0.15, -0.1) is 0 Å². The van der Waals surface area contributed by atoms with Crippen LogP contribution < -0.4 is 5.32 Å². The van der Waals surface area contributed by atoms with Crippen molar-refractivity contribution in [2.45, 2.75) is 192 Å². The second-order valence-corrected chi connectivity index (χ2v) is 13.3. The van der Waals surface area contributed by atoms with Crippen molar-refractivity contribution in [3.8, 4) is 0 Å². The largest absolute Gasteiger partial charge is 0.394 e. The van der Waals surface area contributed by atoms with Gasteiger partial charge >= 0.3 is 0 Å². The molecule has 0 fully saturated rings. The van der Waals surface area contributed by atoms with Gasteiger partial charge in [-0.25, -0.2) is 0 Å². The molecule has 6 nitrogen and oxygen atoms in total. The SMILES string of the molecule is CCCCCCCC/C=C\C/C=C\CC(O)C(=O)NC(CO)C(O)C(O)CCC/C=C/CC/C=C/CC/C=C/CCCCCCCCC. The lowest BCUT2D eigenvalue weighted by atomic mass is 10.0. The molecule has 0 aromatic rings. The zero-order chi connectivity index (χ0) is 35.3. The third kappa shape index (κ3) is 30.1. The summed E-state index contributed by atoms with van der Waals surface area (Å²) >= 11 is 0. The molecular formula is C42H75NO5. The Morgan fingerprint density at radius 2 is 0.958 bits per heavy atom. The van der Waals surface area contributed by atoms with Gasteiger partial charge in [-0.1, -0.05) is 145 Å². The van der Waals surface area contributed by atoms with Crippen molar-refractivity contribution < 1.29 is 25.2 Å². The van der Waals surface area contributed by atoms with Crippen molar-refractivity contribution in [1.29, 1.82) is 0 Å². The first-order chi connectivity index (χ1) is 23.5. The van der Waals surface area contributed by atoms with E-state index in [0.717, 1.165) is 44.9 Å². The molecule has 1 amide bonds. The van der Waals surface area contributed by atoms with Gasteiger partial charge in [0.15, 0.2) is 0 Å². The van der Waals surface area contributed by atoms with Gasteiger partial charge < -0.3 is 25.7 Å². The number of nitrogens with one attached hydrogen (secondary N) is 1. The molecule has 5 N–H and O–H groups in total. The van der Waals surface area contributed by atoms with Crippen LogP contribution in [0.25, 0.3) is 0 Å². The first-order valence-electron chi connectivity index (χ1n) is 19.7. The molecule has 0 rings (SSSR count). The standard InChI is InChI=1S/C42H75NO5/c1-3-5-7-9-11-13-15-17-18-19-20-21-22-23-24-26-27-29-31-33-35-39(45)41(47)38(37-44)43-42(48)40(46)36-34-32-30-28-25-16-14-12-10-8-6-4-2/h18-19,22-23,25,27-29,32,34,38-41,44-47H,3-17,20-21,24,26,30-31,33,35-37H2,1-2H3,(H,43,48)/b19-18+,23-22+,28-25-,29-27+,34-32-. The fourth-order valence-corrected chi connectivity index (χ4v) is 5.48. The van der Waals surface area contributed by atoms with Crippen molar-refractivity contribution in [2.75, 3.05) is 6.61 Å². The number of carbonyl (C=O) groups excluding carboxylic acids is 1. The average Bonchev–Trinajstić information content (AvgIpc) is 3.09. The van der Waals surface area contributed by atoms with Gasteiger partial charge in [0.1, 0.15) is 12.2 Å². The highest BCUT2D eigenvalue weighted by Gasteiger charge is 2.28. The number of aliphatic hydroxyl groups is 4. The summed E-state index contributed by atoms with van der Waals surface area (Å²) in [5.41, 5.74) is 0. The first-order valence-corrected chi connectivity index (χ1v) is 19.7. The van der Waals surface area contributed by atoms with Crippen LogP contribution in [-0.2, 0) is 4.79 Å². The van der Waals surface area contributed by atoms with Crippen LogP contribution in [-0.4, -0.2) is 57.3 Å². The van der Waals surface area contributed by atoms with E-state index in [1.54, 1.807) is 6.08 Å². The second kappa shape index (κ2) is 36.3. The Balaban J connectivity index is 3.97. The van der Waals surface area contributed by atoms with Crippen LogP contribution in [0.15, 0.2) is 60.8 Å². The maximum Gasteiger partial charge on any atom is 0.249 e. The summed E-state index contributed by atoms with van der Waals surface area (Å²) in [6, 6.07) is -1.04. The molecule has 0 aliphatic rings. The molecule has 0 aliphatic heterocycles. The highest BCUT2D eigenvalue weighted by molar-refractivity contribution is 5.81. The van der Waals surface area contributed by atoms with Crippen molar-refractivity contribution >= 4 is 5.91 Å². The molecule has 0 radical (unpaired) electrons. The van der Waals surface area contributed by atoms with E-state index in [0.29, 0.717) is 12.8 Å². The van der Waals surface area contributed by atoms with E-state index in [9.17, 15) is 25.2 Å². The van der Waals surface area contributed by atoms with Gasteiger partial charge in [0, 0.05) is 6.42 Å². The van der Waals surface area contributed by atoms with Crippen LogP contribution in [0.4, 0.5) is 0 Å². The number of rotatable bonds is 34. The maximum atomic E-state index is 12.4. The minimum Gasteiger partial charge on any atom is -0.394 e. The fraction of sp³-hybridized carbons (Fsp3) is 0.738. The Labute approximate surface area is 295 Å². The lowest BCUT2D eigenvalue weighted by molar-refractivity contribution is -0.132. The lowest BCUT2D eigenvalue weighted by Gasteiger charge is -2.27. The molecule has 4 unspecified atom stereocenters. The third-order valence-corrected chi connectivity index (χ3v) is 8.67. The van der Waals surface area contributed by atoms with Gasteiger partial charge in [0.05, 0.1) is 18.8 Å². The molecule has 0 bridgehead atoms. The predicted molar refractivity (Wildman–Crippen MR) is 205 cm³/mol. The van der Waals surface area contributed by atoms with Crippen LogP contribution in [0.1, 0.15) is 168 Å². The lowest BCUT2D eigenvalue weighted by Crippen LogP contribution is -2.52. The van der Waals surface area contributed by atoms with E-state index in [1.807, 2.05) is 6.08 Å². The van der Waals surface area contributed by atoms with Crippen LogP contribution in [0.5, 0.6) is 0 Å². The summed E-state index contributed by atoms with van der Waals surface area (Å²) in [6.45, 7) is 3.96. The van der Waals surface area contributed by atoms with E-state index in [2.05, 4.69) is 67.8 Å².